The number of carbonyl (C=O) groups is 1. The Morgan fingerprint density at radius 1 is 1.12 bits per heavy atom. The molecule has 2 N–H and O–H groups in total. The van der Waals surface area contributed by atoms with E-state index >= 15 is 0 Å². The van der Waals surface area contributed by atoms with Gasteiger partial charge in [-0.1, -0.05) is 0 Å². The van der Waals surface area contributed by atoms with Gasteiger partial charge in [-0.25, -0.2) is 19.0 Å². The van der Waals surface area contributed by atoms with Crippen LogP contribution in [0.1, 0.15) is 23.1 Å². The number of anilines is 2. The van der Waals surface area contributed by atoms with Crippen LogP contribution in [-0.4, -0.2) is 46.7 Å². The summed E-state index contributed by atoms with van der Waals surface area (Å²) in [5, 5.41) is 9.25. The van der Waals surface area contributed by atoms with Crippen LogP contribution in [0.3, 0.4) is 0 Å². The smallest absolute Gasteiger partial charge is 0.167 e. The predicted octanol–water partition coefficient (Wildman–Crippen LogP) is 2.48. The lowest BCUT2D eigenvalue weighted by Gasteiger charge is -2.29. The Kier molecular flexibility index (Phi) is 4.12. The average molecular weight is 443 g/mol. The van der Waals surface area contributed by atoms with Crippen LogP contribution in [0, 0.1) is 5.82 Å². The van der Waals surface area contributed by atoms with Gasteiger partial charge in [0.2, 0.25) is 0 Å². The van der Waals surface area contributed by atoms with Gasteiger partial charge in [0.1, 0.15) is 35.2 Å². The van der Waals surface area contributed by atoms with Gasteiger partial charge in [0.25, 0.3) is 0 Å². The molecule has 5 aromatic rings. The van der Waals surface area contributed by atoms with Crippen molar-refractivity contribution in [3.63, 3.8) is 0 Å². The highest BCUT2D eigenvalue weighted by Gasteiger charge is 2.27. The second-order valence-corrected chi connectivity index (χ2v) is 7.93. The molecule has 0 unspecified atom stereocenters. The Hall–Kier alpha value is -4.41. The van der Waals surface area contributed by atoms with Crippen LogP contribution in [0.25, 0.3) is 27.7 Å². The van der Waals surface area contributed by atoms with E-state index in [2.05, 4.69) is 20.2 Å². The fourth-order valence-electron chi connectivity index (χ4n) is 4.27. The first-order chi connectivity index (χ1) is 16.0. The first-order valence-electron chi connectivity index (χ1n) is 10.3. The lowest BCUT2D eigenvalue weighted by Crippen LogP contribution is -2.36. The normalized spacial score (nSPS) is 13.6. The highest BCUT2D eigenvalue weighted by molar-refractivity contribution is 6.04. The molecule has 0 saturated heterocycles. The number of Topliss-reactive ketones (excluding diaryl/α,β-unsaturated/α-hetero) is 1. The van der Waals surface area contributed by atoms with Crippen molar-refractivity contribution in [3.05, 3.63) is 60.2 Å². The molecule has 4 aromatic heterocycles. The molecule has 0 amide bonds. The Morgan fingerprint density at radius 2 is 2.00 bits per heavy atom. The topological polar surface area (TPSA) is 120 Å². The van der Waals surface area contributed by atoms with Crippen LogP contribution in [0.4, 0.5) is 16.0 Å². The fourth-order valence-corrected chi connectivity index (χ4v) is 4.27. The van der Waals surface area contributed by atoms with Crippen LogP contribution >= 0.6 is 0 Å². The molecule has 0 bridgehead atoms. The molecule has 0 saturated carbocycles. The zero-order valence-corrected chi connectivity index (χ0v) is 17.6. The van der Waals surface area contributed by atoms with Crippen molar-refractivity contribution in [1.29, 1.82) is 0 Å². The number of halogens is 1. The highest BCUT2D eigenvalue weighted by atomic mass is 19.1. The van der Waals surface area contributed by atoms with Gasteiger partial charge in [0, 0.05) is 29.3 Å². The Balaban J connectivity index is 1.54. The van der Waals surface area contributed by atoms with E-state index < -0.39 is 0 Å². The van der Waals surface area contributed by atoms with Crippen molar-refractivity contribution in [2.24, 2.45) is 0 Å². The molecule has 164 valence electrons. The second kappa shape index (κ2) is 7.05. The van der Waals surface area contributed by atoms with E-state index in [1.54, 1.807) is 18.5 Å². The minimum Gasteiger partial charge on any atom is -0.383 e. The number of nitrogens with zero attached hydrogens (tertiary/aromatic N) is 8. The van der Waals surface area contributed by atoms with Gasteiger partial charge in [-0.05, 0) is 31.2 Å². The number of hydrogen-bond acceptors (Lipinski definition) is 8. The first kappa shape index (κ1) is 19.3. The molecule has 6 rings (SSSR count). The van der Waals surface area contributed by atoms with E-state index in [0.717, 1.165) is 11.4 Å². The van der Waals surface area contributed by atoms with Gasteiger partial charge in [0.05, 0.1) is 24.8 Å². The molecule has 1 aromatic carbocycles. The van der Waals surface area contributed by atoms with Crippen molar-refractivity contribution in [2.45, 2.75) is 20.0 Å². The first-order valence-corrected chi connectivity index (χ1v) is 10.3. The summed E-state index contributed by atoms with van der Waals surface area (Å²) in [4.78, 5) is 28.1. The van der Waals surface area contributed by atoms with Crippen molar-refractivity contribution in [3.8, 4) is 11.1 Å². The van der Waals surface area contributed by atoms with Crippen LogP contribution in [0.2, 0.25) is 0 Å². The molecule has 5 heterocycles. The minimum absolute atomic E-state index is 0.205. The molecule has 11 heteroatoms. The third-order valence-electron chi connectivity index (χ3n) is 5.88. The zero-order chi connectivity index (χ0) is 22.7. The molecule has 10 nitrogen and oxygen atoms in total. The molecule has 0 spiro atoms. The maximum Gasteiger partial charge on any atom is 0.167 e. The summed E-state index contributed by atoms with van der Waals surface area (Å²) in [7, 11) is 0. The third-order valence-corrected chi connectivity index (χ3v) is 5.88. The van der Waals surface area contributed by atoms with Crippen molar-refractivity contribution in [2.75, 3.05) is 17.2 Å². The van der Waals surface area contributed by atoms with Gasteiger partial charge in [-0.2, -0.15) is 14.7 Å². The Labute approximate surface area is 186 Å². The molecule has 1 aliphatic heterocycles. The quantitative estimate of drug-likeness (QED) is 0.422. The number of aromatic nitrogens is 7. The standard InChI is InChI=1S/C22H18FN9O/c1-12(33)19-20(24)32-21(29-22(19)30-4-5-31-18(10-30)26-11-28-31)16(9-27-32)14-6-13-7-15(23)2-3-17(13)25-8-14/h2-3,6-9,11H,4-5,10,24H2,1H3. The molecule has 33 heavy (non-hydrogen) atoms. The SMILES string of the molecule is CC(=O)c1c(N2CCn3ncnc3C2)nc2c(-c3cnc4ccc(F)cc4c3)cnn2c1N. The van der Waals surface area contributed by atoms with E-state index in [4.69, 9.17) is 10.7 Å². The summed E-state index contributed by atoms with van der Waals surface area (Å²) in [6, 6.07) is 6.28. The average Bonchev–Trinajstić information content (AvgIpc) is 3.44. The lowest BCUT2D eigenvalue weighted by atomic mass is 10.1. The molecule has 0 radical (unpaired) electrons. The van der Waals surface area contributed by atoms with Gasteiger partial charge in [-0.15, -0.1) is 0 Å². The zero-order valence-electron chi connectivity index (χ0n) is 17.6. The number of rotatable bonds is 3. The maximum absolute atomic E-state index is 13.8. The number of fused-ring (bicyclic) bond motifs is 3. The maximum atomic E-state index is 13.8. The molecule has 0 fully saturated rings. The van der Waals surface area contributed by atoms with Crippen molar-refractivity contribution >= 4 is 34.0 Å². The molecule has 0 aliphatic carbocycles. The summed E-state index contributed by atoms with van der Waals surface area (Å²) in [6.45, 7) is 3.12. The van der Waals surface area contributed by atoms with E-state index in [1.807, 2.05) is 15.6 Å². The predicted molar refractivity (Wildman–Crippen MR) is 119 cm³/mol. The number of benzene rings is 1. The van der Waals surface area contributed by atoms with E-state index in [0.29, 0.717) is 53.1 Å². The fraction of sp³-hybridized carbons (Fsp3) is 0.182. The number of nitrogens with two attached hydrogens (primary N) is 1. The summed E-state index contributed by atoms with van der Waals surface area (Å²) < 4.78 is 17.0. The molecular formula is C22H18FN9O. The minimum atomic E-state index is -0.338. The number of hydrogen-bond donors (Lipinski definition) is 1. The number of ketones is 1. The number of carbonyl (C=O) groups excluding carboxylic acids is 1. The molecule has 1 aliphatic rings. The highest BCUT2D eigenvalue weighted by Crippen LogP contribution is 2.33. The van der Waals surface area contributed by atoms with Crippen molar-refractivity contribution in [1.82, 2.24) is 34.3 Å². The summed E-state index contributed by atoms with van der Waals surface area (Å²) >= 11 is 0. The summed E-state index contributed by atoms with van der Waals surface area (Å²) in [5.74, 6) is 0.924. The Bertz CT molecular complexity index is 1570. The van der Waals surface area contributed by atoms with E-state index in [1.165, 1.54) is 29.9 Å². The lowest BCUT2D eigenvalue weighted by molar-refractivity contribution is 0.101. The van der Waals surface area contributed by atoms with E-state index in [9.17, 15) is 9.18 Å². The van der Waals surface area contributed by atoms with Gasteiger partial charge >= 0.3 is 0 Å². The van der Waals surface area contributed by atoms with Crippen LogP contribution < -0.4 is 10.6 Å². The molecular weight excluding hydrogens is 425 g/mol. The van der Waals surface area contributed by atoms with Gasteiger partial charge in [0.15, 0.2) is 11.4 Å². The van der Waals surface area contributed by atoms with Crippen LogP contribution in [0.5, 0.6) is 0 Å². The summed E-state index contributed by atoms with van der Waals surface area (Å²) in [6.07, 6.45) is 4.83. The number of pyridine rings is 1. The largest absolute Gasteiger partial charge is 0.383 e. The Morgan fingerprint density at radius 3 is 2.85 bits per heavy atom. The van der Waals surface area contributed by atoms with Crippen LogP contribution in [0.15, 0.2) is 43.0 Å². The number of nitrogen functional groups attached to an aromatic ring is 1. The van der Waals surface area contributed by atoms with E-state index in [-0.39, 0.29) is 17.4 Å². The summed E-state index contributed by atoms with van der Waals surface area (Å²) in [5.41, 5.74) is 9.29. The molecule has 0 atom stereocenters. The monoisotopic (exact) mass is 443 g/mol. The second-order valence-electron chi connectivity index (χ2n) is 7.93. The van der Waals surface area contributed by atoms with Crippen molar-refractivity contribution < 1.29 is 9.18 Å². The van der Waals surface area contributed by atoms with Crippen LogP contribution in [-0.2, 0) is 13.1 Å². The third kappa shape index (κ3) is 3.00. The van der Waals surface area contributed by atoms with Gasteiger partial charge < -0.3 is 10.6 Å². The van der Waals surface area contributed by atoms with Gasteiger partial charge in [-0.3, -0.25) is 9.78 Å².